The molecule has 9 heteroatoms. The Morgan fingerprint density at radius 1 is 1.16 bits per heavy atom. The highest BCUT2D eigenvalue weighted by atomic mass is 19.1. The molecule has 1 amide bonds. The summed E-state index contributed by atoms with van der Waals surface area (Å²) >= 11 is 0. The molecule has 5 rings (SSSR count). The topological polar surface area (TPSA) is 97.6 Å². The summed E-state index contributed by atoms with van der Waals surface area (Å²) in [7, 11) is 3.59. The van der Waals surface area contributed by atoms with Crippen LogP contribution in [0, 0.1) is 11.8 Å². The molecule has 1 aromatic carbocycles. The van der Waals surface area contributed by atoms with Gasteiger partial charge in [-0.25, -0.2) is 19.0 Å². The predicted molar refractivity (Wildman–Crippen MR) is 115 cm³/mol. The van der Waals surface area contributed by atoms with Gasteiger partial charge in [-0.2, -0.15) is 0 Å². The van der Waals surface area contributed by atoms with Crippen molar-refractivity contribution in [1.29, 1.82) is 0 Å². The number of rotatable bonds is 3. The third-order valence-electron chi connectivity index (χ3n) is 5.30. The van der Waals surface area contributed by atoms with Crippen LogP contribution in [0.15, 0.2) is 36.7 Å². The van der Waals surface area contributed by atoms with Crippen LogP contribution in [0.25, 0.3) is 21.8 Å². The number of hydrogen-bond acceptors (Lipinski definition) is 6. The number of halogens is 1. The number of alkyl halides is 1. The van der Waals surface area contributed by atoms with Gasteiger partial charge in [0, 0.05) is 42.8 Å². The van der Waals surface area contributed by atoms with Gasteiger partial charge in [0.1, 0.15) is 17.2 Å². The summed E-state index contributed by atoms with van der Waals surface area (Å²) in [4.78, 5) is 20.7. The van der Waals surface area contributed by atoms with Crippen LogP contribution >= 0.6 is 0 Å². The Kier molecular flexibility index (Phi) is 4.29. The fourth-order valence-corrected chi connectivity index (χ4v) is 3.32. The minimum atomic E-state index is -1.77. The summed E-state index contributed by atoms with van der Waals surface area (Å²) < 4.78 is 15.7. The van der Waals surface area contributed by atoms with E-state index in [0.29, 0.717) is 11.4 Å². The molecule has 0 atom stereocenters. The molecule has 31 heavy (non-hydrogen) atoms. The van der Waals surface area contributed by atoms with E-state index < -0.39 is 11.6 Å². The van der Waals surface area contributed by atoms with Crippen molar-refractivity contribution in [3.63, 3.8) is 0 Å². The van der Waals surface area contributed by atoms with Crippen molar-refractivity contribution in [1.82, 2.24) is 25.0 Å². The number of nitrogens with one attached hydrogen (secondary N) is 2. The molecule has 0 bridgehead atoms. The van der Waals surface area contributed by atoms with Gasteiger partial charge in [-0.3, -0.25) is 4.79 Å². The zero-order valence-corrected chi connectivity index (χ0v) is 16.9. The molecule has 0 saturated heterocycles. The van der Waals surface area contributed by atoms with E-state index in [-0.39, 0.29) is 18.7 Å². The zero-order valence-electron chi connectivity index (χ0n) is 16.9. The van der Waals surface area contributed by atoms with Crippen LogP contribution in [0.5, 0.6) is 0 Å². The number of benzene rings is 1. The van der Waals surface area contributed by atoms with E-state index in [9.17, 15) is 9.18 Å². The number of anilines is 2. The van der Waals surface area contributed by atoms with Crippen LogP contribution in [0.1, 0.15) is 24.0 Å². The third kappa shape index (κ3) is 3.42. The molecule has 3 aromatic heterocycles. The number of pyridine rings is 2. The molecule has 1 saturated carbocycles. The number of hydrogen-bond donors (Lipinski definition) is 2. The minimum absolute atomic E-state index is 0.244. The highest BCUT2D eigenvalue weighted by Gasteiger charge is 2.51. The molecule has 154 valence electrons. The first-order valence-electron chi connectivity index (χ1n) is 9.75. The Morgan fingerprint density at radius 2 is 2.00 bits per heavy atom. The molecule has 1 aliphatic carbocycles. The summed E-state index contributed by atoms with van der Waals surface area (Å²) in [6, 6.07) is 7.36. The van der Waals surface area contributed by atoms with Crippen LogP contribution in [-0.4, -0.2) is 43.6 Å². The van der Waals surface area contributed by atoms with Crippen molar-refractivity contribution < 1.29 is 9.18 Å². The molecular weight excluding hydrogens is 397 g/mol. The maximum absolute atomic E-state index is 14.0. The summed E-state index contributed by atoms with van der Waals surface area (Å²) in [5.41, 5.74) is 1.38. The number of carbonyl (C=O) groups is 1. The lowest BCUT2D eigenvalue weighted by atomic mass is 10.1. The molecule has 0 unspecified atom stereocenters. The van der Waals surface area contributed by atoms with Gasteiger partial charge in [0.15, 0.2) is 5.67 Å². The smallest absolute Gasteiger partial charge is 0.263 e. The van der Waals surface area contributed by atoms with E-state index >= 15 is 0 Å². The lowest BCUT2D eigenvalue weighted by Gasteiger charge is -2.10. The van der Waals surface area contributed by atoms with E-state index in [2.05, 4.69) is 42.8 Å². The summed E-state index contributed by atoms with van der Waals surface area (Å²) in [6.45, 7) is 0. The van der Waals surface area contributed by atoms with Crippen molar-refractivity contribution in [2.45, 2.75) is 18.5 Å². The number of fused-ring (bicyclic) bond motifs is 2. The average Bonchev–Trinajstić information content (AvgIpc) is 3.44. The molecular formula is C22H18FN7O. The van der Waals surface area contributed by atoms with Crippen LogP contribution in [-0.2, 0) is 11.8 Å². The molecule has 0 spiro atoms. The molecule has 8 nitrogen and oxygen atoms in total. The summed E-state index contributed by atoms with van der Waals surface area (Å²) in [6.07, 6.45) is 3.75. The fourth-order valence-electron chi connectivity index (χ4n) is 3.32. The van der Waals surface area contributed by atoms with Gasteiger partial charge in [-0.05, 0) is 37.1 Å². The van der Waals surface area contributed by atoms with Crippen molar-refractivity contribution in [2.24, 2.45) is 7.05 Å². The first kappa shape index (κ1) is 18.9. The standard InChI is InChI=1S/C22H18FN7O/c1-24-20-16-12-25-19(27-21(31)22(23)7-8-22)10-15(16)14(11-26-20)5-3-13-4-6-17-18(9-13)30(2)29-28-17/h4,6,9-12H,7-8H2,1-2H3,(H,24,26)(H,25,27,31). The zero-order chi connectivity index (χ0) is 21.6. The third-order valence-corrected chi connectivity index (χ3v) is 5.30. The largest absolute Gasteiger partial charge is 0.373 e. The van der Waals surface area contributed by atoms with Crippen LogP contribution in [0.3, 0.4) is 0 Å². The van der Waals surface area contributed by atoms with Gasteiger partial charge < -0.3 is 10.6 Å². The highest BCUT2D eigenvalue weighted by molar-refractivity contribution is 6.01. The van der Waals surface area contributed by atoms with Crippen molar-refractivity contribution >= 4 is 39.3 Å². The molecule has 1 aliphatic rings. The van der Waals surface area contributed by atoms with E-state index in [0.717, 1.165) is 27.4 Å². The number of aryl methyl sites for hydroxylation is 1. The van der Waals surface area contributed by atoms with Gasteiger partial charge >= 0.3 is 0 Å². The highest BCUT2D eigenvalue weighted by Crippen LogP contribution is 2.40. The molecule has 0 aliphatic heterocycles. The molecule has 2 N–H and O–H groups in total. The Labute approximate surface area is 176 Å². The SMILES string of the molecule is CNc1ncc(C#Cc2ccc3nnn(C)c3c2)c2cc(NC(=O)C3(F)CC3)ncc12. The number of amides is 1. The summed E-state index contributed by atoms with van der Waals surface area (Å²) in [5.74, 6) is 6.55. The predicted octanol–water partition coefficient (Wildman–Crippen LogP) is 2.79. The van der Waals surface area contributed by atoms with Crippen LogP contribution < -0.4 is 10.6 Å². The first-order chi connectivity index (χ1) is 15.0. The van der Waals surface area contributed by atoms with E-state index in [1.165, 1.54) is 0 Å². The fraction of sp³-hybridized carbons (Fsp3) is 0.227. The van der Waals surface area contributed by atoms with E-state index in [1.807, 2.05) is 25.2 Å². The van der Waals surface area contributed by atoms with Crippen molar-refractivity contribution in [3.8, 4) is 11.8 Å². The van der Waals surface area contributed by atoms with Gasteiger partial charge in [0.25, 0.3) is 5.91 Å². The summed E-state index contributed by atoms with van der Waals surface area (Å²) in [5, 5.41) is 15.2. The lowest BCUT2D eigenvalue weighted by molar-refractivity contribution is -0.122. The molecule has 4 aromatic rings. The Bertz CT molecular complexity index is 1410. The van der Waals surface area contributed by atoms with Gasteiger partial charge in [0.2, 0.25) is 0 Å². The van der Waals surface area contributed by atoms with Gasteiger partial charge in [0.05, 0.1) is 11.1 Å². The lowest BCUT2D eigenvalue weighted by Crippen LogP contribution is -2.25. The van der Waals surface area contributed by atoms with Crippen LogP contribution in [0.4, 0.5) is 16.0 Å². The van der Waals surface area contributed by atoms with E-state index in [4.69, 9.17) is 0 Å². The normalized spacial score (nSPS) is 14.2. The maximum atomic E-state index is 14.0. The minimum Gasteiger partial charge on any atom is -0.373 e. The quantitative estimate of drug-likeness (QED) is 0.500. The molecule has 3 heterocycles. The molecule has 0 radical (unpaired) electrons. The monoisotopic (exact) mass is 415 g/mol. The van der Waals surface area contributed by atoms with Crippen LogP contribution in [0.2, 0.25) is 0 Å². The second-order valence-corrected chi connectivity index (χ2v) is 7.47. The number of nitrogens with zero attached hydrogens (tertiary/aromatic N) is 5. The second-order valence-electron chi connectivity index (χ2n) is 7.47. The average molecular weight is 415 g/mol. The maximum Gasteiger partial charge on any atom is 0.263 e. The first-order valence-corrected chi connectivity index (χ1v) is 9.75. The van der Waals surface area contributed by atoms with E-state index in [1.54, 1.807) is 30.2 Å². The Morgan fingerprint density at radius 3 is 2.77 bits per heavy atom. The Balaban J connectivity index is 1.55. The molecule has 1 fully saturated rings. The number of carbonyl (C=O) groups excluding carboxylic acids is 1. The van der Waals surface area contributed by atoms with Crippen molar-refractivity contribution in [3.05, 3.63) is 47.8 Å². The Hall–Kier alpha value is -4.06. The van der Waals surface area contributed by atoms with Crippen molar-refractivity contribution in [2.75, 3.05) is 17.7 Å². The van der Waals surface area contributed by atoms with Gasteiger partial charge in [-0.1, -0.05) is 17.1 Å². The van der Waals surface area contributed by atoms with Gasteiger partial charge in [-0.15, -0.1) is 5.10 Å². The number of aromatic nitrogens is 5. The second kappa shape index (κ2) is 7.02.